The minimum absolute atomic E-state index is 0.0990. The molecule has 0 atom stereocenters. The molecule has 0 fully saturated rings. The van der Waals surface area contributed by atoms with E-state index in [1.54, 1.807) is 0 Å². The Balaban J connectivity index is 1.54. The molecule has 3 rings (SSSR count). The Labute approximate surface area is 144 Å². The summed E-state index contributed by atoms with van der Waals surface area (Å²) in [7, 11) is 0. The molecule has 3 heteroatoms. The maximum Gasteiger partial charge on any atom is 0.225 e. The van der Waals surface area contributed by atoms with E-state index in [9.17, 15) is 4.79 Å². The van der Waals surface area contributed by atoms with Crippen molar-refractivity contribution in [3.05, 3.63) is 65.2 Å². The van der Waals surface area contributed by atoms with Crippen LogP contribution in [0.1, 0.15) is 42.9 Å². The van der Waals surface area contributed by atoms with Crippen molar-refractivity contribution in [2.24, 2.45) is 0 Å². The maximum absolute atomic E-state index is 12.3. The van der Waals surface area contributed by atoms with Gasteiger partial charge in [0.1, 0.15) is 0 Å². The molecule has 1 aliphatic rings. The number of rotatable bonds is 5. The first-order valence-corrected chi connectivity index (χ1v) is 8.81. The van der Waals surface area contributed by atoms with E-state index in [-0.39, 0.29) is 5.91 Å². The van der Waals surface area contributed by atoms with Gasteiger partial charge in [0.05, 0.1) is 0 Å². The monoisotopic (exact) mass is 322 g/mol. The molecule has 0 bridgehead atoms. The molecule has 2 aromatic carbocycles. The second-order valence-corrected chi connectivity index (χ2v) is 6.83. The van der Waals surface area contributed by atoms with E-state index in [2.05, 4.69) is 54.4 Å². The second-order valence-electron chi connectivity index (χ2n) is 6.83. The molecule has 126 valence electrons. The van der Waals surface area contributed by atoms with Crippen LogP contribution in [0.4, 0.5) is 5.69 Å². The third kappa shape index (κ3) is 4.04. The summed E-state index contributed by atoms with van der Waals surface area (Å²) in [6.45, 7) is 7.09. The van der Waals surface area contributed by atoms with E-state index in [1.165, 1.54) is 16.7 Å². The van der Waals surface area contributed by atoms with Gasteiger partial charge in [-0.15, -0.1) is 0 Å². The Morgan fingerprint density at radius 1 is 1.08 bits per heavy atom. The van der Waals surface area contributed by atoms with Crippen molar-refractivity contribution in [3.63, 3.8) is 0 Å². The second kappa shape index (κ2) is 7.63. The SMILES string of the molecule is CC(C)c1ccccc1NC(=O)CCN1CCc2ccccc2C1. The maximum atomic E-state index is 12.3. The summed E-state index contributed by atoms with van der Waals surface area (Å²) >= 11 is 0. The van der Waals surface area contributed by atoms with Crippen LogP contribution in [0, 0.1) is 0 Å². The highest BCUT2D eigenvalue weighted by Crippen LogP contribution is 2.24. The first-order valence-electron chi connectivity index (χ1n) is 8.81. The summed E-state index contributed by atoms with van der Waals surface area (Å²) in [5, 5.41) is 3.08. The summed E-state index contributed by atoms with van der Waals surface area (Å²) < 4.78 is 0. The molecule has 0 saturated carbocycles. The van der Waals surface area contributed by atoms with Gasteiger partial charge in [0.15, 0.2) is 0 Å². The number of carbonyl (C=O) groups excluding carboxylic acids is 1. The van der Waals surface area contributed by atoms with E-state index in [1.807, 2.05) is 18.2 Å². The van der Waals surface area contributed by atoms with Crippen LogP contribution in [0.25, 0.3) is 0 Å². The Morgan fingerprint density at radius 3 is 2.58 bits per heavy atom. The smallest absolute Gasteiger partial charge is 0.225 e. The number of anilines is 1. The van der Waals surface area contributed by atoms with Gasteiger partial charge in [-0.25, -0.2) is 0 Å². The topological polar surface area (TPSA) is 32.3 Å². The molecule has 0 spiro atoms. The zero-order valence-electron chi connectivity index (χ0n) is 14.6. The van der Waals surface area contributed by atoms with E-state index >= 15 is 0 Å². The lowest BCUT2D eigenvalue weighted by Crippen LogP contribution is -2.33. The largest absolute Gasteiger partial charge is 0.326 e. The lowest BCUT2D eigenvalue weighted by Gasteiger charge is -2.28. The van der Waals surface area contributed by atoms with Crippen molar-refractivity contribution in [3.8, 4) is 0 Å². The highest BCUT2D eigenvalue weighted by molar-refractivity contribution is 5.91. The molecule has 0 radical (unpaired) electrons. The molecule has 1 N–H and O–H groups in total. The third-order valence-corrected chi connectivity index (χ3v) is 4.72. The number of carbonyl (C=O) groups is 1. The molecule has 24 heavy (non-hydrogen) atoms. The van der Waals surface area contributed by atoms with Crippen LogP contribution in [0.3, 0.4) is 0 Å². The van der Waals surface area contributed by atoms with Crippen molar-refractivity contribution in [2.75, 3.05) is 18.4 Å². The van der Waals surface area contributed by atoms with Crippen molar-refractivity contribution in [2.45, 2.75) is 39.2 Å². The normalized spacial score (nSPS) is 14.5. The van der Waals surface area contributed by atoms with Gasteiger partial charge < -0.3 is 5.32 Å². The summed E-state index contributed by atoms with van der Waals surface area (Å²) in [4.78, 5) is 14.7. The predicted octanol–water partition coefficient (Wildman–Crippen LogP) is 4.20. The van der Waals surface area contributed by atoms with Crippen LogP contribution in [0.5, 0.6) is 0 Å². The molecule has 1 heterocycles. The van der Waals surface area contributed by atoms with Crippen LogP contribution in [-0.4, -0.2) is 23.9 Å². The fraction of sp³-hybridized carbons (Fsp3) is 0.381. The van der Waals surface area contributed by atoms with E-state index in [4.69, 9.17) is 0 Å². The third-order valence-electron chi connectivity index (χ3n) is 4.72. The van der Waals surface area contributed by atoms with Crippen LogP contribution in [0.15, 0.2) is 48.5 Å². The summed E-state index contributed by atoms with van der Waals surface area (Å²) in [6, 6.07) is 16.7. The zero-order valence-corrected chi connectivity index (χ0v) is 14.6. The Kier molecular flexibility index (Phi) is 5.31. The molecule has 0 unspecified atom stereocenters. The fourth-order valence-electron chi connectivity index (χ4n) is 3.33. The molecule has 0 aliphatic carbocycles. The van der Waals surface area contributed by atoms with Gasteiger partial charge >= 0.3 is 0 Å². The highest BCUT2D eigenvalue weighted by atomic mass is 16.1. The number of para-hydroxylation sites is 1. The summed E-state index contributed by atoms with van der Waals surface area (Å²) in [5.74, 6) is 0.502. The van der Waals surface area contributed by atoms with Crippen LogP contribution in [0.2, 0.25) is 0 Å². The number of benzene rings is 2. The average Bonchev–Trinajstić information content (AvgIpc) is 2.60. The van der Waals surface area contributed by atoms with Gasteiger partial charge in [0, 0.05) is 31.7 Å². The molecular weight excluding hydrogens is 296 g/mol. The Hall–Kier alpha value is -2.13. The number of hydrogen-bond donors (Lipinski definition) is 1. The average molecular weight is 322 g/mol. The Bertz CT molecular complexity index is 708. The van der Waals surface area contributed by atoms with Gasteiger partial charge in [0.25, 0.3) is 0 Å². The van der Waals surface area contributed by atoms with Crippen molar-refractivity contribution < 1.29 is 4.79 Å². The van der Waals surface area contributed by atoms with Crippen molar-refractivity contribution in [1.82, 2.24) is 4.90 Å². The minimum atomic E-state index is 0.0990. The lowest BCUT2D eigenvalue weighted by molar-refractivity contribution is -0.116. The van der Waals surface area contributed by atoms with Gasteiger partial charge in [-0.2, -0.15) is 0 Å². The quantitative estimate of drug-likeness (QED) is 0.895. The molecule has 3 nitrogen and oxygen atoms in total. The molecular formula is C21H26N2O. The Morgan fingerprint density at radius 2 is 1.79 bits per heavy atom. The fourth-order valence-corrected chi connectivity index (χ4v) is 3.33. The van der Waals surface area contributed by atoms with Gasteiger partial charge in [0.2, 0.25) is 5.91 Å². The van der Waals surface area contributed by atoms with E-state index in [0.29, 0.717) is 12.3 Å². The molecule has 1 amide bonds. The summed E-state index contributed by atoms with van der Waals surface area (Å²) in [6.07, 6.45) is 1.61. The van der Waals surface area contributed by atoms with Gasteiger partial charge in [-0.1, -0.05) is 56.3 Å². The molecule has 1 aliphatic heterocycles. The number of amides is 1. The number of nitrogens with one attached hydrogen (secondary N) is 1. The molecule has 2 aromatic rings. The first kappa shape index (κ1) is 16.7. The van der Waals surface area contributed by atoms with Crippen LogP contribution in [-0.2, 0) is 17.8 Å². The number of nitrogens with zero attached hydrogens (tertiary/aromatic N) is 1. The standard InChI is InChI=1S/C21H26N2O/c1-16(2)19-9-5-6-10-20(19)22-21(24)12-14-23-13-11-17-7-3-4-8-18(17)15-23/h3-10,16H,11-15H2,1-2H3,(H,22,24). The molecule has 0 aromatic heterocycles. The van der Waals surface area contributed by atoms with Crippen LogP contribution >= 0.6 is 0 Å². The van der Waals surface area contributed by atoms with E-state index < -0.39 is 0 Å². The van der Waals surface area contributed by atoms with Crippen LogP contribution < -0.4 is 5.32 Å². The highest BCUT2D eigenvalue weighted by Gasteiger charge is 2.16. The number of hydrogen-bond acceptors (Lipinski definition) is 2. The van der Waals surface area contributed by atoms with Crippen molar-refractivity contribution in [1.29, 1.82) is 0 Å². The number of fused-ring (bicyclic) bond motifs is 1. The van der Waals surface area contributed by atoms with Crippen molar-refractivity contribution >= 4 is 11.6 Å². The predicted molar refractivity (Wildman–Crippen MR) is 99.2 cm³/mol. The minimum Gasteiger partial charge on any atom is -0.326 e. The van der Waals surface area contributed by atoms with Gasteiger partial charge in [-0.3, -0.25) is 9.69 Å². The first-order chi connectivity index (χ1) is 11.6. The van der Waals surface area contributed by atoms with Gasteiger partial charge in [-0.05, 0) is 35.1 Å². The molecule has 0 saturated heterocycles. The summed E-state index contributed by atoms with van der Waals surface area (Å²) in [5.41, 5.74) is 4.98. The zero-order chi connectivity index (χ0) is 16.9. The lowest BCUT2D eigenvalue weighted by atomic mass is 10.00. The van der Waals surface area contributed by atoms with E-state index in [0.717, 1.165) is 31.7 Å².